The van der Waals surface area contributed by atoms with E-state index in [9.17, 15) is 4.79 Å². The van der Waals surface area contributed by atoms with Gasteiger partial charge in [0.15, 0.2) is 11.6 Å². The van der Waals surface area contributed by atoms with Crippen LogP contribution < -0.4 is 5.32 Å². The zero-order valence-corrected chi connectivity index (χ0v) is 13.0. The number of rotatable bonds is 4. The summed E-state index contributed by atoms with van der Waals surface area (Å²) in [5, 5.41) is 13.8. The van der Waals surface area contributed by atoms with Gasteiger partial charge in [0.1, 0.15) is 5.69 Å². The Labute approximate surface area is 142 Å². The molecule has 0 aliphatic rings. The van der Waals surface area contributed by atoms with E-state index in [0.717, 1.165) is 11.3 Å². The number of hydrogen-bond acceptors (Lipinski definition) is 5. The molecule has 0 aliphatic carbocycles. The second-order valence-electron chi connectivity index (χ2n) is 5.19. The largest absolute Gasteiger partial charge is 0.304 e. The molecule has 0 unspecified atom stereocenters. The molecule has 4 rings (SSSR count). The summed E-state index contributed by atoms with van der Waals surface area (Å²) in [4.78, 5) is 20.7. The Balaban J connectivity index is 1.53. The van der Waals surface area contributed by atoms with Gasteiger partial charge in [-0.25, -0.2) is 9.67 Å². The lowest BCUT2D eigenvalue weighted by Crippen LogP contribution is -2.15. The molecule has 0 atom stereocenters. The smallest absolute Gasteiger partial charge is 0.275 e. The Morgan fingerprint density at radius 1 is 1.08 bits per heavy atom. The molecule has 25 heavy (non-hydrogen) atoms. The van der Waals surface area contributed by atoms with Gasteiger partial charge < -0.3 is 5.32 Å². The van der Waals surface area contributed by atoms with Crippen molar-refractivity contribution in [3.05, 3.63) is 72.9 Å². The second-order valence-corrected chi connectivity index (χ2v) is 5.19. The van der Waals surface area contributed by atoms with Crippen LogP contribution in [-0.2, 0) is 0 Å². The van der Waals surface area contributed by atoms with Crippen LogP contribution in [0.1, 0.15) is 10.5 Å². The normalized spacial score (nSPS) is 10.6. The lowest BCUT2D eigenvalue weighted by molar-refractivity contribution is 0.102. The lowest BCUT2D eigenvalue weighted by Gasteiger charge is -2.04. The number of aromatic nitrogens is 6. The lowest BCUT2D eigenvalue weighted by atomic mass is 10.2. The van der Waals surface area contributed by atoms with Crippen molar-refractivity contribution >= 4 is 11.7 Å². The SMILES string of the molecule is O=C(Nc1cc(-c2ccncc2)[nH]n1)c1cccc(-n2cccn2)n1. The van der Waals surface area contributed by atoms with Crippen LogP contribution in [0, 0.1) is 0 Å². The molecule has 4 aromatic rings. The third-order valence-corrected chi connectivity index (χ3v) is 3.52. The molecule has 4 heterocycles. The highest BCUT2D eigenvalue weighted by atomic mass is 16.2. The zero-order chi connectivity index (χ0) is 17.1. The van der Waals surface area contributed by atoms with Gasteiger partial charge in [0, 0.05) is 36.4 Å². The molecule has 122 valence electrons. The summed E-state index contributed by atoms with van der Waals surface area (Å²) in [6.07, 6.45) is 6.80. The van der Waals surface area contributed by atoms with Gasteiger partial charge in [0.2, 0.25) is 0 Å². The van der Waals surface area contributed by atoms with Gasteiger partial charge in [-0.3, -0.25) is 14.9 Å². The van der Waals surface area contributed by atoms with Crippen molar-refractivity contribution in [1.82, 2.24) is 29.9 Å². The quantitative estimate of drug-likeness (QED) is 0.597. The molecule has 8 heteroatoms. The average Bonchev–Trinajstić information content (AvgIpc) is 3.35. The summed E-state index contributed by atoms with van der Waals surface area (Å²) in [7, 11) is 0. The van der Waals surface area contributed by atoms with E-state index in [2.05, 4.69) is 30.6 Å². The third-order valence-electron chi connectivity index (χ3n) is 3.52. The maximum absolute atomic E-state index is 12.4. The number of nitrogens with one attached hydrogen (secondary N) is 2. The van der Waals surface area contributed by atoms with Gasteiger partial charge >= 0.3 is 0 Å². The van der Waals surface area contributed by atoms with Crippen molar-refractivity contribution in [1.29, 1.82) is 0 Å². The Bertz CT molecular complexity index is 993. The first-order valence-electron chi connectivity index (χ1n) is 7.54. The maximum Gasteiger partial charge on any atom is 0.275 e. The topological polar surface area (TPSA) is 101 Å². The minimum Gasteiger partial charge on any atom is -0.304 e. The Hall–Kier alpha value is -3.81. The highest BCUT2D eigenvalue weighted by Gasteiger charge is 2.12. The molecule has 0 saturated carbocycles. The van der Waals surface area contributed by atoms with Crippen LogP contribution in [0.3, 0.4) is 0 Å². The number of hydrogen-bond donors (Lipinski definition) is 2. The molecular formula is C17H13N7O. The molecule has 2 N–H and O–H groups in total. The van der Waals surface area contributed by atoms with E-state index in [-0.39, 0.29) is 11.6 Å². The summed E-state index contributed by atoms with van der Waals surface area (Å²) in [5.74, 6) is 0.641. The van der Waals surface area contributed by atoms with E-state index >= 15 is 0 Å². The monoisotopic (exact) mass is 331 g/mol. The van der Waals surface area contributed by atoms with Gasteiger partial charge in [-0.05, 0) is 30.3 Å². The average molecular weight is 331 g/mol. The third kappa shape index (κ3) is 3.13. The van der Waals surface area contributed by atoms with Crippen LogP contribution in [0.25, 0.3) is 17.1 Å². The molecule has 0 saturated heterocycles. The number of H-pyrrole nitrogens is 1. The first kappa shape index (κ1) is 14.8. The summed E-state index contributed by atoms with van der Waals surface area (Å²) >= 11 is 0. The summed E-state index contributed by atoms with van der Waals surface area (Å²) in [5.41, 5.74) is 2.00. The minimum atomic E-state index is -0.346. The molecule has 0 spiro atoms. The fourth-order valence-corrected chi connectivity index (χ4v) is 2.33. The Morgan fingerprint density at radius 2 is 1.96 bits per heavy atom. The molecule has 0 bridgehead atoms. The van der Waals surface area contributed by atoms with Crippen LogP contribution in [0.2, 0.25) is 0 Å². The van der Waals surface area contributed by atoms with Gasteiger partial charge in [0.05, 0.1) is 5.69 Å². The van der Waals surface area contributed by atoms with E-state index in [0.29, 0.717) is 11.6 Å². The van der Waals surface area contributed by atoms with Gasteiger partial charge in [-0.15, -0.1) is 0 Å². The number of carbonyl (C=O) groups excluding carboxylic acids is 1. The predicted octanol–water partition coefficient (Wildman–Crippen LogP) is 2.30. The molecule has 0 aromatic carbocycles. The van der Waals surface area contributed by atoms with E-state index in [1.165, 1.54) is 0 Å². The number of aromatic amines is 1. The summed E-state index contributed by atoms with van der Waals surface area (Å²) in [6.45, 7) is 0. The van der Waals surface area contributed by atoms with Gasteiger partial charge in [-0.1, -0.05) is 6.07 Å². The van der Waals surface area contributed by atoms with E-state index in [1.807, 2.05) is 12.1 Å². The minimum absolute atomic E-state index is 0.279. The van der Waals surface area contributed by atoms with Crippen LogP contribution in [-0.4, -0.2) is 35.9 Å². The Morgan fingerprint density at radius 3 is 2.76 bits per heavy atom. The molecule has 8 nitrogen and oxygen atoms in total. The van der Waals surface area contributed by atoms with Gasteiger partial charge in [0.25, 0.3) is 5.91 Å². The van der Waals surface area contributed by atoms with E-state index in [4.69, 9.17) is 0 Å². The fourth-order valence-electron chi connectivity index (χ4n) is 2.33. The Kier molecular flexibility index (Phi) is 3.76. The molecule has 0 fully saturated rings. The standard InChI is InChI=1S/C17H13N7O/c25-17(13-3-1-4-16(20-13)24-10-2-7-19-24)21-15-11-14(22-23-15)12-5-8-18-9-6-12/h1-11H,(H2,21,22,23,25). The number of amides is 1. The number of pyridine rings is 2. The van der Waals surface area contributed by atoms with Crippen molar-refractivity contribution in [3.63, 3.8) is 0 Å². The van der Waals surface area contributed by atoms with Crippen molar-refractivity contribution in [2.75, 3.05) is 5.32 Å². The van der Waals surface area contributed by atoms with Crippen LogP contribution in [0.5, 0.6) is 0 Å². The van der Waals surface area contributed by atoms with Crippen LogP contribution >= 0.6 is 0 Å². The van der Waals surface area contributed by atoms with Crippen LogP contribution in [0.4, 0.5) is 5.82 Å². The van der Waals surface area contributed by atoms with E-state index in [1.54, 1.807) is 59.8 Å². The van der Waals surface area contributed by atoms with Gasteiger partial charge in [-0.2, -0.15) is 10.2 Å². The van der Waals surface area contributed by atoms with Crippen molar-refractivity contribution in [2.45, 2.75) is 0 Å². The highest BCUT2D eigenvalue weighted by Crippen LogP contribution is 2.19. The maximum atomic E-state index is 12.4. The zero-order valence-electron chi connectivity index (χ0n) is 13.0. The first-order valence-corrected chi connectivity index (χ1v) is 7.54. The molecular weight excluding hydrogens is 318 g/mol. The fraction of sp³-hybridized carbons (Fsp3) is 0. The molecule has 1 amide bonds. The molecule has 4 aromatic heterocycles. The van der Waals surface area contributed by atoms with Crippen LogP contribution in [0.15, 0.2) is 67.3 Å². The second kappa shape index (κ2) is 6.36. The molecule has 0 aliphatic heterocycles. The van der Waals surface area contributed by atoms with Crippen molar-refractivity contribution < 1.29 is 4.79 Å². The highest BCUT2D eigenvalue weighted by molar-refractivity contribution is 6.02. The number of anilines is 1. The van der Waals surface area contributed by atoms with Crippen molar-refractivity contribution in [2.24, 2.45) is 0 Å². The van der Waals surface area contributed by atoms with Crippen molar-refractivity contribution in [3.8, 4) is 17.1 Å². The number of carbonyl (C=O) groups is 1. The van der Waals surface area contributed by atoms with E-state index < -0.39 is 0 Å². The molecule has 0 radical (unpaired) electrons. The summed E-state index contributed by atoms with van der Waals surface area (Å²) < 4.78 is 1.59. The first-order chi connectivity index (χ1) is 12.3. The number of nitrogens with zero attached hydrogens (tertiary/aromatic N) is 5. The summed E-state index contributed by atoms with van der Waals surface area (Å²) in [6, 6.07) is 12.4. The predicted molar refractivity (Wildman–Crippen MR) is 91.1 cm³/mol.